The van der Waals surface area contributed by atoms with E-state index in [-0.39, 0.29) is 11.3 Å². The Morgan fingerprint density at radius 3 is 3.00 bits per heavy atom. The number of nitrogens with two attached hydrogens (primary N) is 1. The van der Waals surface area contributed by atoms with Gasteiger partial charge in [-0.15, -0.1) is 10.2 Å². The number of amides is 1. The van der Waals surface area contributed by atoms with Crippen molar-refractivity contribution in [2.24, 2.45) is 5.41 Å². The van der Waals surface area contributed by atoms with Crippen LogP contribution in [-0.2, 0) is 17.8 Å². The van der Waals surface area contributed by atoms with E-state index >= 15 is 0 Å². The van der Waals surface area contributed by atoms with Gasteiger partial charge < -0.3 is 15.6 Å². The third-order valence-corrected chi connectivity index (χ3v) is 5.88. The number of anilines is 1. The van der Waals surface area contributed by atoms with Crippen molar-refractivity contribution < 1.29 is 4.79 Å². The van der Waals surface area contributed by atoms with Gasteiger partial charge in [-0.1, -0.05) is 30.0 Å². The third-order valence-electron chi connectivity index (χ3n) is 3.99. The van der Waals surface area contributed by atoms with Crippen molar-refractivity contribution in [2.45, 2.75) is 37.1 Å². The second-order valence-corrected chi connectivity index (χ2v) is 8.03. The minimum Gasteiger partial charge on any atom is -0.374 e. The van der Waals surface area contributed by atoms with Crippen LogP contribution >= 0.6 is 23.1 Å². The first-order valence-electron chi connectivity index (χ1n) is 7.59. The van der Waals surface area contributed by atoms with Gasteiger partial charge in [0.05, 0.1) is 5.75 Å². The Morgan fingerprint density at radius 1 is 1.52 bits per heavy atom. The first-order chi connectivity index (χ1) is 11.1. The molecule has 0 aliphatic heterocycles. The van der Waals surface area contributed by atoms with Crippen LogP contribution in [-0.4, -0.2) is 38.0 Å². The number of hydrogen-bond acceptors (Lipinski definition) is 7. The maximum Gasteiger partial charge on any atom is 0.230 e. The van der Waals surface area contributed by atoms with E-state index in [0.717, 1.165) is 36.0 Å². The summed E-state index contributed by atoms with van der Waals surface area (Å²) in [6, 6.07) is 0. The maximum atomic E-state index is 12.0. The average molecular weight is 352 g/mol. The quantitative estimate of drug-likeness (QED) is 0.700. The lowest BCUT2D eigenvalue weighted by Crippen LogP contribution is -2.33. The lowest BCUT2D eigenvalue weighted by molar-refractivity contribution is -0.118. The van der Waals surface area contributed by atoms with Gasteiger partial charge in [-0.3, -0.25) is 4.79 Å². The van der Waals surface area contributed by atoms with Gasteiger partial charge in [-0.05, 0) is 12.8 Å². The van der Waals surface area contributed by atoms with Gasteiger partial charge in [0.25, 0.3) is 0 Å². The van der Waals surface area contributed by atoms with Gasteiger partial charge >= 0.3 is 0 Å². The number of nitrogen functional groups attached to an aromatic ring is 1. The second-order valence-electron chi connectivity index (χ2n) is 5.80. The van der Waals surface area contributed by atoms with Crippen LogP contribution in [0, 0.1) is 5.41 Å². The zero-order valence-electron chi connectivity index (χ0n) is 13.0. The fourth-order valence-electron chi connectivity index (χ4n) is 2.47. The molecule has 7 nitrogen and oxygen atoms in total. The highest BCUT2D eigenvalue weighted by atomic mass is 32.2. The number of nitrogens with zero attached hydrogens (tertiary/aromatic N) is 4. The predicted octanol–water partition coefficient (Wildman–Crippen LogP) is 1.57. The topological polar surface area (TPSA) is 98.7 Å². The average Bonchev–Trinajstić information content (AvgIpc) is 2.94. The summed E-state index contributed by atoms with van der Waals surface area (Å²) in [5.74, 6) is 1.47. The molecule has 0 radical (unpaired) electrons. The summed E-state index contributed by atoms with van der Waals surface area (Å²) in [5.41, 5.74) is 5.71. The van der Waals surface area contributed by atoms with Crippen molar-refractivity contribution in [3.05, 3.63) is 18.2 Å². The number of carbonyl (C=O) groups excluding carboxylic acids is 1. The van der Waals surface area contributed by atoms with Crippen LogP contribution in [0.25, 0.3) is 0 Å². The van der Waals surface area contributed by atoms with Crippen molar-refractivity contribution >= 4 is 34.1 Å². The highest BCUT2D eigenvalue weighted by Gasteiger charge is 2.43. The summed E-state index contributed by atoms with van der Waals surface area (Å²) in [7, 11) is 0. The van der Waals surface area contributed by atoms with Crippen molar-refractivity contribution in [3.8, 4) is 0 Å². The molecule has 1 saturated carbocycles. The van der Waals surface area contributed by atoms with Crippen LogP contribution in [0.3, 0.4) is 0 Å². The molecule has 23 heavy (non-hydrogen) atoms. The van der Waals surface area contributed by atoms with E-state index < -0.39 is 0 Å². The molecular formula is C14H20N6OS2. The normalized spacial score (nSPS) is 15.5. The molecule has 1 amide bonds. The Hall–Kier alpha value is -1.61. The van der Waals surface area contributed by atoms with Crippen LogP contribution < -0.4 is 11.1 Å². The van der Waals surface area contributed by atoms with Crippen LogP contribution in [0.4, 0.5) is 5.13 Å². The van der Waals surface area contributed by atoms with Crippen LogP contribution in [0.15, 0.2) is 16.7 Å². The number of rotatable bonds is 8. The fourth-order valence-corrected chi connectivity index (χ4v) is 3.94. The van der Waals surface area contributed by atoms with E-state index in [1.54, 1.807) is 0 Å². The molecule has 2 aromatic heterocycles. The predicted molar refractivity (Wildman–Crippen MR) is 91.3 cm³/mol. The van der Waals surface area contributed by atoms with E-state index in [1.807, 2.05) is 12.4 Å². The molecule has 0 unspecified atom stereocenters. The molecule has 0 bridgehead atoms. The molecule has 0 aromatic carbocycles. The highest BCUT2D eigenvalue weighted by molar-refractivity contribution is 8.01. The van der Waals surface area contributed by atoms with Crippen LogP contribution in [0.1, 0.15) is 25.6 Å². The number of aromatic nitrogens is 4. The Balaban J connectivity index is 1.45. The van der Waals surface area contributed by atoms with E-state index in [0.29, 0.717) is 17.4 Å². The Labute approximate surface area is 143 Å². The van der Waals surface area contributed by atoms with Gasteiger partial charge in [0.1, 0.15) is 5.82 Å². The lowest BCUT2D eigenvalue weighted by Gasteiger charge is -2.18. The summed E-state index contributed by atoms with van der Waals surface area (Å²) in [4.78, 5) is 16.4. The molecule has 9 heteroatoms. The maximum absolute atomic E-state index is 12.0. The summed E-state index contributed by atoms with van der Waals surface area (Å²) >= 11 is 2.67. The first-order valence-corrected chi connectivity index (χ1v) is 9.39. The summed E-state index contributed by atoms with van der Waals surface area (Å²) in [6.07, 6.45) is 7.09. The Morgan fingerprint density at radius 2 is 2.35 bits per heavy atom. The molecule has 124 valence electrons. The molecule has 2 heterocycles. The van der Waals surface area contributed by atoms with E-state index in [2.05, 4.69) is 32.0 Å². The van der Waals surface area contributed by atoms with Gasteiger partial charge in [0.2, 0.25) is 11.0 Å². The molecule has 2 aromatic rings. The lowest BCUT2D eigenvalue weighted by atomic mass is 10.1. The van der Waals surface area contributed by atoms with Gasteiger partial charge in [0, 0.05) is 37.3 Å². The fraction of sp³-hybridized carbons (Fsp3) is 0.571. The van der Waals surface area contributed by atoms with Crippen molar-refractivity contribution in [1.82, 2.24) is 25.1 Å². The van der Waals surface area contributed by atoms with Gasteiger partial charge in [-0.25, -0.2) is 4.98 Å². The Bertz CT molecular complexity index is 678. The SMILES string of the molecule is CCc1nccn1CC1(CNC(=O)CSc2nnc(N)s2)CC1. The van der Waals surface area contributed by atoms with Crippen LogP contribution in [0.2, 0.25) is 0 Å². The number of aryl methyl sites for hydroxylation is 1. The van der Waals surface area contributed by atoms with Gasteiger partial charge in [0.15, 0.2) is 4.34 Å². The monoisotopic (exact) mass is 352 g/mol. The molecule has 0 atom stereocenters. The highest BCUT2D eigenvalue weighted by Crippen LogP contribution is 2.46. The Kier molecular flexibility index (Phi) is 4.86. The van der Waals surface area contributed by atoms with E-state index in [4.69, 9.17) is 5.73 Å². The minimum absolute atomic E-state index is 0.0244. The molecule has 0 saturated heterocycles. The largest absolute Gasteiger partial charge is 0.374 e. The molecule has 1 fully saturated rings. The molecular weight excluding hydrogens is 332 g/mol. The number of thioether (sulfide) groups is 1. The van der Waals surface area contributed by atoms with Crippen molar-refractivity contribution in [2.75, 3.05) is 18.0 Å². The van der Waals surface area contributed by atoms with E-state index in [1.165, 1.54) is 23.1 Å². The summed E-state index contributed by atoms with van der Waals surface area (Å²) in [6.45, 7) is 3.75. The molecule has 1 aliphatic rings. The number of imidazole rings is 1. The van der Waals surface area contributed by atoms with Gasteiger partial charge in [-0.2, -0.15) is 0 Å². The van der Waals surface area contributed by atoms with Crippen LogP contribution in [0.5, 0.6) is 0 Å². The zero-order valence-corrected chi connectivity index (χ0v) is 14.6. The minimum atomic E-state index is 0.0244. The van der Waals surface area contributed by atoms with E-state index in [9.17, 15) is 4.79 Å². The van der Waals surface area contributed by atoms with Crippen molar-refractivity contribution in [1.29, 1.82) is 0 Å². The summed E-state index contributed by atoms with van der Waals surface area (Å²) in [5, 5.41) is 11.1. The molecule has 1 aliphatic carbocycles. The number of hydrogen-bond donors (Lipinski definition) is 2. The molecule has 0 spiro atoms. The summed E-state index contributed by atoms with van der Waals surface area (Å²) < 4.78 is 2.93. The molecule has 3 N–H and O–H groups in total. The zero-order chi connectivity index (χ0) is 16.3. The number of carbonyl (C=O) groups is 1. The third kappa shape index (κ3) is 4.23. The first kappa shape index (κ1) is 16.3. The molecule has 3 rings (SSSR count). The number of nitrogens with one attached hydrogen (secondary N) is 1. The smallest absolute Gasteiger partial charge is 0.230 e. The second kappa shape index (κ2) is 6.88. The van der Waals surface area contributed by atoms with Crippen molar-refractivity contribution in [3.63, 3.8) is 0 Å². The standard InChI is InChI=1S/C14H20N6OS2/c1-2-10-16-5-6-20(10)9-14(3-4-14)8-17-11(21)7-22-13-19-18-12(15)23-13/h5-6H,2-4,7-9H2,1H3,(H2,15,18)(H,17,21).